The smallest absolute Gasteiger partial charge is 0.343 e. The van der Waals surface area contributed by atoms with Gasteiger partial charge >= 0.3 is 5.97 Å². The summed E-state index contributed by atoms with van der Waals surface area (Å²) in [7, 11) is -3.16. The molecule has 1 atom stereocenters. The van der Waals surface area contributed by atoms with Crippen molar-refractivity contribution in [3.05, 3.63) is 34.6 Å². The van der Waals surface area contributed by atoms with E-state index in [0.29, 0.717) is 13.0 Å². The topological polar surface area (TPSA) is 80.8 Å². The average Bonchev–Trinajstić information content (AvgIpc) is 2.89. The van der Waals surface area contributed by atoms with Crippen LogP contribution in [0.5, 0.6) is 0 Å². The Hall–Kier alpha value is -1.67. The molecule has 0 aromatic heterocycles. The van der Waals surface area contributed by atoms with Crippen LogP contribution in [0.1, 0.15) is 30.6 Å². The van der Waals surface area contributed by atoms with E-state index in [1.807, 2.05) is 13.8 Å². The maximum absolute atomic E-state index is 13.7. The summed E-state index contributed by atoms with van der Waals surface area (Å²) < 4.78 is 42.1. The van der Waals surface area contributed by atoms with Crippen molar-refractivity contribution in [1.82, 2.24) is 4.90 Å². The number of carbonyl (C=O) groups is 2. The minimum Gasteiger partial charge on any atom is -0.452 e. The zero-order valence-electron chi connectivity index (χ0n) is 14.6. The normalized spacial score (nSPS) is 18.7. The van der Waals surface area contributed by atoms with Crippen molar-refractivity contribution in [3.8, 4) is 0 Å². The van der Waals surface area contributed by atoms with Gasteiger partial charge in [-0.2, -0.15) is 0 Å². The van der Waals surface area contributed by atoms with Crippen LogP contribution in [-0.2, 0) is 19.4 Å². The van der Waals surface area contributed by atoms with Crippen molar-refractivity contribution >= 4 is 33.3 Å². The van der Waals surface area contributed by atoms with Gasteiger partial charge in [0, 0.05) is 12.6 Å². The van der Waals surface area contributed by atoms with Crippen molar-refractivity contribution in [2.75, 3.05) is 24.7 Å². The predicted octanol–water partition coefficient (Wildman–Crippen LogP) is 2.31. The maximum atomic E-state index is 13.7. The van der Waals surface area contributed by atoms with Crippen LogP contribution in [0.25, 0.3) is 0 Å². The van der Waals surface area contributed by atoms with Crippen molar-refractivity contribution in [1.29, 1.82) is 0 Å². The molecule has 144 valence electrons. The highest BCUT2D eigenvalue weighted by Gasteiger charge is 2.35. The Morgan fingerprint density at radius 1 is 1.38 bits per heavy atom. The molecule has 1 saturated heterocycles. The quantitative estimate of drug-likeness (QED) is 0.678. The lowest BCUT2D eigenvalue weighted by Gasteiger charge is -2.29. The van der Waals surface area contributed by atoms with E-state index in [9.17, 15) is 22.4 Å². The minimum atomic E-state index is -3.16. The second-order valence-electron chi connectivity index (χ2n) is 6.67. The molecule has 0 spiro atoms. The van der Waals surface area contributed by atoms with Gasteiger partial charge in [0.1, 0.15) is 11.4 Å². The van der Waals surface area contributed by atoms with Crippen LogP contribution in [0.4, 0.5) is 4.39 Å². The largest absolute Gasteiger partial charge is 0.452 e. The van der Waals surface area contributed by atoms with E-state index >= 15 is 0 Å². The first-order chi connectivity index (χ1) is 12.1. The molecule has 0 bridgehead atoms. The Bertz CT molecular complexity index is 776. The van der Waals surface area contributed by atoms with Gasteiger partial charge in [0.15, 0.2) is 16.4 Å². The van der Waals surface area contributed by atoms with Crippen molar-refractivity contribution in [2.45, 2.75) is 26.3 Å². The fourth-order valence-corrected chi connectivity index (χ4v) is 4.82. The van der Waals surface area contributed by atoms with Crippen LogP contribution in [0, 0.1) is 11.7 Å². The number of amides is 1. The number of hydrogen-bond acceptors (Lipinski definition) is 5. The van der Waals surface area contributed by atoms with Gasteiger partial charge in [-0.05, 0) is 24.5 Å². The molecule has 1 unspecified atom stereocenters. The van der Waals surface area contributed by atoms with Gasteiger partial charge < -0.3 is 9.64 Å². The van der Waals surface area contributed by atoms with Crippen molar-refractivity contribution in [3.63, 3.8) is 0 Å². The highest BCUT2D eigenvalue weighted by atomic mass is 35.5. The highest BCUT2D eigenvalue weighted by molar-refractivity contribution is 7.91. The average molecular weight is 406 g/mol. The molecule has 1 aromatic rings. The number of sulfone groups is 1. The summed E-state index contributed by atoms with van der Waals surface area (Å²) in [5, 5.41) is -0.108. The van der Waals surface area contributed by atoms with E-state index in [1.165, 1.54) is 17.0 Å². The summed E-state index contributed by atoms with van der Waals surface area (Å²) in [5.74, 6) is -2.34. The van der Waals surface area contributed by atoms with E-state index < -0.39 is 45.7 Å². The van der Waals surface area contributed by atoms with Crippen LogP contribution >= 0.6 is 11.6 Å². The molecule has 2 rings (SSSR count). The number of rotatable bonds is 6. The standard InChI is InChI=1S/C17H21ClFNO5S/c1-11(2)8-20(12-6-7-26(23,24)10-12)15(21)9-25-17(22)16-13(18)4-3-5-14(16)19/h3-5,11-12H,6-10H2,1-2H3. The number of nitrogens with zero attached hydrogens (tertiary/aromatic N) is 1. The van der Waals surface area contributed by atoms with Crippen LogP contribution in [-0.4, -0.2) is 55.9 Å². The number of esters is 1. The van der Waals surface area contributed by atoms with E-state index in [4.69, 9.17) is 16.3 Å². The van der Waals surface area contributed by atoms with Crippen LogP contribution in [0.15, 0.2) is 18.2 Å². The number of benzene rings is 1. The molecule has 1 heterocycles. The zero-order chi connectivity index (χ0) is 19.5. The Morgan fingerprint density at radius 3 is 2.62 bits per heavy atom. The van der Waals surface area contributed by atoms with Gasteiger partial charge in [-0.3, -0.25) is 4.79 Å². The summed E-state index contributed by atoms with van der Waals surface area (Å²) in [6.07, 6.45) is 0.355. The molecule has 1 aliphatic rings. The molecule has 1 aromatic carbocycles. The van der Waals surface area contributed by atoms with Gasteiger partial charge in [-0.1, -0.05) is 31.5 Å². The molecule has 6 nitrogen and oxygen atoms in total. The lowest BCUT2D eigenvalue weighted by Crippen LogP contribution is -2.45. The van der Waals surface area contributed by atoms with E-state index in [0.717, 1.165) is 6.07 Å². The molecule has 1 amide bonds. The summed E-state index contributed by atoms with van der Waals surface area (Å²) in [5.41, 5.74) is -0.430. The second kappa shape index (κ2) is 8.35. The third kappa shape index (κ3) is 5.17. The summed E-state index contributed by atoms with van der Waals surface area (Å²) in [6, 6.07) is 3.33. The molecule has 0 N–H and O–H groups in total. The van der Waals surface area contributed by atoms with Crippen LogP contribution < -0.4 is 0 Å². The second-order valence-corrected chi connectivity index (χ2v) is 9.31. The molecular weight excluding hydrogens is 385 g/mol. The maximum Gasteiger partial charge on any atom is 0.343 e. The fraction of sp³-hybridized carbons (Fsp3) is 0.529. The third-order valence-electron chi connectivity index (χ3n) is 4.02. The van der Waals surface area contributed by atoms with Gasteiger partial charge in [0.05, 0.1) is 16.5 Å². The first kappa shape index (κ1) is 20.6. The SMILES string of the molecule is CC(C)CN(C(=O)COC(=O)c1c(F)cccc1Cl)C1CCS(=O)(=O)C1. The van der Waals surface area contributed by atoms with Gasteiger partial charge in [-0.25, -0.2) is 17.6 Å². The highest BCUT2D eigenvalue weighted by Crippen LogP contribution is 2.21. The summed E-state index contributed by atoms with van der Waals surface area (Å²) >= 11 is 5.80. The molecule has 0 aliphatic carbocycles. The summed E-state index contributed by atoms with van der Waals surface area (Å²) in [4.78, 5) is 26.0. The number of ether oxygens (including phenoxy) is 1. The molecule has 1 fully saturated rings. The zero-order valence-corrected chi connectivity index (χ0v) is 16.1. The van der Waals surface area contributed by atoms with Crippen LogP contribution in [0.3, 0.4) is 0 Å². The third-order valence-corrected chi connectivity index (χ3v) is 6.09. The Kier molecular flexibility index (Phi) is 6.63. The molecule has 0 saturated carbocycles. The first-order valence-electron chi connectivity index (χ1n) is 8.21. The number of carbonyl (C=O) groups excluding carboxylic acids is 2. The first-order valence-corrected chi connectivity index (χ1v) is 10.4. The molecule has 9 heteroatoms. The monoisotopic (exact) mass is 405 g/mol. The lowest BCUT2D eigenvalue weighted by atomic mass is 10.1. The molecule has 26 heavy (non-hydrogen) atoms. The predicted molar refractivity (Wildman–Crippen MR) is 95.3 cm³/mol. The number of hydrogen-bond donors (Lipinski definition) is 0. The minimum absolute atomic E-state index is 0.0319. The van der Waals surface area contributed by atoms with Gasteiger partial charge in [0.25, 0.3) is 5.91 Å². The van der Waals surface area contributed by atoms with Crippen LogP contribution in [0.2, 0.25) is 5.02 Å². The van der Waals surface area contributed by atoms with Crippen molar-refractivity contribution < 1.29 is 27.1 Å². The Labute approximate surface area is 157 Å². The molecular formula is C17H21ClFNO5S. The van der Waals surface area contributed by atoms with Crippen molar-refractivity contribution in [2.24, 2.45) is 5.92 Å². The Morgan fingerprint density at radius 2 is 2.08 bits per heavy atom. The fourth-order valence-electron chi connectivity index (χ4n) is 2.84. The van der Waals surface area contributed by atoms with E-state index in [1.54, 1.807) is 0 Å². The molecule has 1 aliphatic heterocycles. The van der Waals surface area contributed by atoms with Gasteiger partial charge in [0.2, 0.25) is 0 Å². The van der Waals surface area contributed by atoms with E-state index in [2.05, 4.69) is 0 Å². The molecule has 0 radical (unpaired) electrons. The summed E-state index contributed by atoms with van der Waals surface area (Å²) in [6.45, 7) is 3.54. The van der Waals surface area contributed by atoms with E-state index in [-0.39, 0.29) is 22.4 Å². The lowest BCUT2D eigenvalue weighted by molar-refractivity contribution is -0.137. The Balaban J connectivity index is 2.06. The number of halogens is 2. The van der Waals surface area contributed by atoms with Gasteiger partial charge in [-0.15, -0.1) is 0 Å².